The van der Waals surface area contributed by atoms with Gasteiger partial charge in [0, 0.05) is 6.04 Å². The van der Waals surface area contributed by atoms with Crippen LogP contribution >= 0.6 is 0 Å². The number of methoxy groups -OCH3 is 1. The van der Waals surface area contributed by atoms with Gasteiger partial charge in [-0.25, -0.2) is 4.79 Å². The minimum atomic E-state index is -0.476. The lowest BCUT2D eigenvalue weighted by Crippen LogP contribution is -2.43. The van der Waals surface area contributed by atoms with E-state index in [9.17, 15) is 9.90 Å². The number of hydrogen-bond acceptors (Lipinski definition) is 5. The Labute approximate surface area is 112 Å². The molecule has 0 bridgehead atoms. The van der Waals surface area contributed by atoms with Crippen LogP contribution < -0.4 is 5.32 Å². The Morgan fingerprint density at radius 3 is 2.89 bits per heavy atom. The predicted molar refractivity (Wildman–Crippen MR) is 69.9 cm³/mol. The van der Waals surface area contributed by atoms with Crippen molar-refractivity contribution in [2.45, 2.75) is 50.8 Å². The molecule has 0 saturated heterocycles. The molecule has 1 heterocycles. The highest BCUT2D eigenvalue weighted by Crippen LogP contribution is 2.23. The Kier molecular flexibility index (Phi) is 4.61. The van der Waals surface area contributed by atoms with Crippen molar-refractivity contribution in [2.75, 3.05) is 7.11 Å². The zero-order valence-electron chi connectivity index (χ0n) is 11.4. The lowest BCUT2D eigenvalue weighted by molar-refractivity contribution is 0.0559. The van der Waals surface area contributed by atoms with Gasteiger partial charge < -0.3 is 19.6 Å². The van der Waals surface area contributed by atoms with Crippen LogP contribution in [-0.4, -0.2) is 30.3 Å². The molecular formula is C14H21NO4. The first-order valence-electron chi connectivity index (χ1n) is 6.74. The third-order valence-electron chi connectivity index (χ3n) is 3.63. The number of carbonyl (C=O) groups is 1. The van der Waals surface area contributed by atoms with Gasteiger partial charge in [-0.1, -0.05) is 12.8 Å². The molecule has 3 atom stereocenters. The molecule has 3 unspecified atom stereocenters. The molecule has 1 fully saturated rings. The summed E-state index contributed by atoms with van der Waals surface area (Å²) in [5.74, 6) is 0.407. The second kappa shape index (κ2) is 6.21. The molecule has 106 valence electrons. The van der Waals surface area contributed by atoms with Crippen LogP contribution in [-0.2, 0) is 4.74 Å². The molecule has 0 aliphatic heterocycles. The monoisotopic (exact) mass is 267 g/mol. The molecule has 1 aromatic rings. The van der Waals surface area contributed by atoms with Crippen molar-refractivity contribution in [3.63, 3.8) is 0 Å². The molecule has 0 radical (unpaired) electrons. The number of furan rings is 1. The summed E-state index contributed by atoms with van der Waals surface area (Å²) in [6.45, 7) is 1.96. The highest BCUT2D eigenvalue weighted by Gasteiger charge is 2.25. The van der Waals surface area contributed by atoms with Crippen LogP contribution in [0.15, 0.2) is 16.5 Å². The number of hydrogen-bond donors (Lipinski definition) is 2. The molecule has 1 aromatic heterocycles. The predicted octanol–water partition coefficient (Wildman–Crippen LogP) is 2.02. The first-order valence-corrected chi connectivity index (χ1v) is 6.74. The summed E-state index contributed by atoms with van der Waals surface area (Å²) >= 11 is 0. The van der Waals surface area contributed by atoms with E-state index in [2.05, 4.69) is 10.1 Å². The summed E-state index contributed by atoms with van der Waals surface area (Å²) in [7, 11) is 1.32. The summed E-state index contributed by atoms with van der Waals surface area (Å²) in [6, 6.07) is 3.42. The molecule has 1 aliphatic rings. The van der Waals surface area contributed by atoms with E-state index in [0.29, 0.717) is 5.76 Å². The minimum absolute atomic E-state index is 0.0452. The van der Waals surface area contributed by atoms with Gasteiger partial charge in [-0.2, -0.15) is 0 Å². The quantitative estimate of drug-likeness (QED) is 0.817. The number of esters is 1. The molecular weight excluding hydrogens is 246 g/mol. The van der Waals surface area contributed by atoms with Crippen LogP contribution in [0.1, 0.15) is 55.0 Å². The van der Waals surface area contributed by atoms with E-state index < -0.39 is 5.97 Å². The summed E-state index contributed by atoms with van der Waals surface area (Å²) in [5, 5.41) is 13.3. The number of ether oxygens (including phenoxy) is 1. The molecule has 0 spiro atoms. The van der Waals surface area contributed by atoms with Crippen molar-refractivity contribution in [2.24, 2.45) is 0 Å². The average molecular weight is 267 g/mol. The Hall–Kier alpha value is -1.33. The maximum absolute atomic E-state index is 11.3. The number of rotatable bonds is 4. The van der Waals surface area contributed by atoms with Crippen LogP contribution in [0.4, 0.5) is 0 Å². The lowest BCUT2D eigenvalue weighted by Gasteiger charge is -2.30. The van der Waals surface area contributed by atoms with Crippen molar-refractivity contribution in [3.8, 4) is 0 Å². The molecule has 19 heavy (non-hydrogen) atoms. The number of aliphatic hydroxyl groups is 1. The van der Waals surface area contributed by atoms with Crippen molar-refractivity contribution in [3.05, 3.63) is 23.7 Å². The fraction of sp³-hybridized carbons (Fsp3) is 0.643. The average Bonchev–Trinajstić information content (AvgIpc) is 2.90. The number of nitrogens with one attached hydrogen (secondary N) is 1. The lowest BCUT2D eigenvalue weighted by atomic mass is 9.92. The number of carbonyl (C=O) groups excluding carboxylic acids is 1. The van der Waals surface area contributed by atoms with E-state index >= 15 is 0 Å². The maximum Gasteiger partial charge on any atom is 0.373 e. The minimum Gasteiger partial charge on any atom is -0.463 e. The van der Waals surface area contributed by atoms with Gasteiger partial charge in [0.25, 0.3) is 0 Å². The van der Waals surface area contributed by atoms with E-state index in [1.54, 1.807) is 12.1 Å². The van der Waals surface area contributed by atoms with Crippen molar-refractivity contribution in [1.82, 2.24) is 5.32 Å². The molecule has 2 rings (SSSR count). The Morgan fingerprint density at radius 1 is 1.47 bits per heavy atom. The van der Waals surface area contributed by atoms with Crippen molar-refractivity contribution in [1.29, 1.82) is 0 Å². The second-order valence-electron chi connectivity index (χ2n) is 5.04. The van der Waals surface area contributed by atoms with Crippen molar-refractivity contribution < 1.29 is 19.1 Å². The first kappa shape index (κ1) is 14.1. The van der Waals surface area contributed by atoms with Gasteiger partial charge in [0.1, 0.15) is 5.76 Å². The summed E-state index contributed by atoms with van der Waals surface area (Å²) in [6.07, 6.45) is 3.73. The molecule has 2 N–H and O–H groups in total. The van der Waals surface area contributed by atoms with E-state index in [-0.39, 0.29) is 23.9 Å². The van der Waals surface area contributed by atoms with E-state index in [1.165, 1.54) is 7.11 Å². The van der Waals surface area contributed by atoms with Crippen LogP contribution in [0.25, 0.3) is 0 Å². The van der Waals surface area contributed by atoms with Gasteiger partial charge in [0.15, 0.2) is 0 Å². The van der Waals surface area contributed by atoms with Gasteiger partial charge >= 0.3 is 5.97 Å². The highest BCUT2D eigenvalue weighted by atomic mass is 16.5. The van der Waals surface area contributed by atoms with Gasteiger partial charge in [-0.3, -0.25) is 0 Å². The standard InChI is InChI=1S/C14H21NO4/c1-9(15-10-5-3-4-6-11(10)16)12-7-8-13(19-12)14(17)18-2/h7-11,15-16H,3-6H2,1-2H3. The van der Waals surface area contributed by atoms with E-state index in [1.807, 2.05) is 6.92 Å². The molecule has 0 aromatic carbocycles. The van der Waals surface area contributed by atoms with Gasteiger partial charge in [-0.15, -0.1) is 0 Å². The van der Waals surface area contributed by atoms with E-state index in [0.717, 1.165) is 25.7 Å². The third kappa shape index (κ3) is 3.36. The topological polar surface area (TPSA) is 71.7 Å². The molecule has 5 heteroatoms. The van der Waals surface area contributed by atoms with Crippen LogP contribution in [0.5, 0.6) is 0 Å². The third-order valence-corrected chi connectivity index (χ3v) is 3.63. The normalized spacial score (nSPS) is 25.0. The molecule has 1 saturated carbocycles. The van der Waals surface area contributed by atoms with Gasteiger partial charge in [0.2, 0.25) is 5.76 Å². The van der Waals surface area contributed by atoms with Gasteiger partial charge in [0.05, 0.1) is 19.3 Å². The van der Waals surface area contributed by atoms with Crippen LogP contribution in [0.3, 0.4) is 0 Å². The smallest absolute Gasteiger partial charge is 0.373 e. The largest absolute Gasteiger partial charge is 0.463 e. The molecule has 1 aliphatic carbocycles. The van der Waals surface area contributed by atoms with Gasteiger partial charge in [-0.05, 0) is 31.9 Å². The fourth-order valence-corrected chi connectivity index (χ4v) is 2.50. The zero-order chi connectivity index (χ0) is 13.8. The first-order chi connectivity index (χ1) is 9.11. The van der Waals surface area contributed by atoms with Crippen molar-refractivity contribution >= 4 is 5.97 Å². The Morgan fingerprint density at radius 2 is 2.21 bits per heavy atom. The fourth-order valence-electron chi connectivity index (χ4n) is 2.50. The number of aliphatic hydroxyl groups excluding tert-OH is 1. The summed E-state index contributed by atoms with van der Waals surface area (Å²) in [4.78, 5) is 11.3. The maximum atomic E-state index is 11.3. The molecule has 0 amide bonds. The summed E-state index contributed by atoms with van der Waals surface area (Å²) < 4.78 is 10.1. The molecule has 5 nitrogen and oxygen atoms in total. The van der Waals surface area contributed by atoms with Crippen LogP contribution in [0, 0.1) is 0 Å². The SMILES string of the molecule is COC(=O)c1ccc(C(C)NC2CCCCC2O)o1. The second-order valence-corrected chi connectivity index (χ2v) is 5.04. The Bertz CT molecular complexity index is 429. The van der Waals surface area contributed by atoms with Crippen LogP contribution in [0.2, 0.25) is 0 Å². The summed E-state index contributed by atoms with van der Waals surface area (Å²) in [5.41, 5.74) is 0. The highest BCUT2D eigenvalue weighted by molar-refractivity contribution is 5.86. The van der Waals surface area contributed by atoms with E-state index in [4.69, 9.17) is 4.42 Å². The zero-order valence-corrected chi connectivity index (χ0v) is 11.4. The Balaban J connectivity index is 1.97.